The van der Waals surface area contributed by atoms with Crippen LogP contribution in [0.25, 0.3) is 0 Å². The molecule has 0 saturated carbocycles. The molecule has 0 bridgehead atoms. The molecular weight excluding hydrogens is 301 g/mol. The van der Waals surface area contributed by atoms with E-state index in [1.54, 1.807) is 6.07 Å². The van der Waals surface area contributed by atoms with Gasteiger partial charge in [0.2, 0.25) is 0 Å². The molecule has 3 heteroatoms. The van der Waals surface area contributed by atoms with Gasteiger partial charge in [-0.1, -0.05) is 59.5 Å². The zero-order valence-electron chi connectivity index (χ0n) is 12.7. The SMILES string of the molecule is CCCNC(c1cc(C)cc(C)c1)c1cc(Cl)cc(Cl)c1. The molecule has 0 amide bonds. The molecule has 1 nitrogen and oxygen atoms in total. The highest BCUT2D eigenvalue weighted by molar-refractivity contribution is 6.34. The molecule has 2 aromatic rings. The predicted octanol–water partition coefficient (Wildman–Crippen LogP) is 5.70. The van der Waals surface area contributed by atoms with E-state index in [0.717, 1.165) is 18.5 Å². The van der Waals surface area contributed by atoms with Gasteiger partial charge in [-0.25, -0.2) is 0 Å². The predicted molar refractivity (Wildman–Crippen MR) is 92.5 cm³/mol. The molecule has 1 unspecified atom stereocenters. The van der Waals surface area contributed by atoms with Crippen molar-refractivity contribution in [1.29, 1.82) is 0 Å². The maximum atomic E-state index is 6.17. The Balaban J connectivity index is 2.46. The third-order valence-electron chi connectivity index (χ3n) is 3.39. The molecule has 21 heavy (non-hydrogen) atoms. The molecule has 0 fully saturated rings. The Labute approximate surface area is 137 Å². The van der Waals surface area contributed by atoms with E-state index >= 15 is 0 Å². The Morgan fingerprint density at radius 3 is 1.90 bits per heavy atom. The molecule has 2 rings (SSSR count). The van der Waals surface area contributed by atoms with E-state index in [2.05, 4.69) is 44.3 Å². The second-order valence-corrected chi connectivity index (χ2v) is 6.38. The van der Waals surface area contributed by atoms with Crippen molar-refractivity contribution in [3.8, 4) is 0 Å². The van der Waals surface area contributed by atoms with Crippen LogP contribution in [0.1, 0.15) is 41.6 Å². The van der Waals surface area contributed by atoms with E-state index in [9.17, 15) is 0 Å². The summed E-state index contributed by atoms with van der Waals surface area (Å²) >= 11 is 12.3. The van der Waals surface area contributed by atoms with Crippen molar-refractivity contribution in [2.24, 2.45) is 0 Å². The van der Waals surface area contributed by atoms with Crippen LogP contribution in [0.2, 0.25) is 10.0 Å². The first-order valence-corrected chi connectivity index (χ1v) is 8.02. The summed E-state index contributed by atoms with van der Waals surface area (Å²) in [6, 6.07) is 12.5. The lowest BCUT2D eigenvalue weighted by atomic mass is 9.95. The Morgan fingerprint density at radius 1 is 0.857 bits per heavy atom. The van der Waals surface area contributed by atoms with Gasteiger partial charge in [-0.05, 0) is 56.1 Å². The van der Waals surface area contributed by atoms with E-state index in [1.807, 2.05) is 12.1 Å². The highest BCUT2D eigenvalue weighted by Gasteiger charge is 2.15. The van der Waals surface area contributed by atoms with Gasteiger partial charge in [0.25, 0.3) is 0 Å². The standard InChI is InChI=1S/C18H21Cl2N/c1-4-5-21-18(14-7-12(2)6-13(3)8-14)15-9-16(19)11-17(20)10-15/h6-11,18,21H,4-5H2,1-3H3. The van der Waals surface area contributed by atoms with Crippen molar-refractivity contribution in [3.05, 3.63) is 68.7 Å². The summed E-state index contributed by atoms with van der Waals surface area (Å²) in [4.78, 5) is 0. The average molecular weight is 322 g/mol. The lowest BCUT2D eigenvalue weighted by Crippen LogP contribution is -2.23. The first-order valence-electron chi connectivity index (χ1n) is 7.27. The van der Waals surface area contributed by atoms with Crippen LogP contribution in [0, 0.1) is 13.8 Å². The minimum Gasteiger partial charge on any atom is -0.306 e. The molecular formula is C18H21Cl2N. The minimum atomic E-state index is 0.111. The van der Waals surface area contributed by atoms with Gasteiger partial charge in [0.05, 0.1) is 6.04 Å². The number of hydrogen-bond acceptors (Lipinski definition) is 1. The van der Waals surface area contributed by atoms with Crippen molar-refractivity contribution >= 4 is 23.2 Å². The fourth-order valence-corrected chi connectivity index (χ4v) is 3.18. The molecule has 2 aromatic carbocycles. The maximum absolute atomic E-state index is 6.17. The van der Waals surface area contributed by atoms with Gasteiger partial charge in [-0.15, -0.1) is 0 Å². The maximum Gasteiger partial charge on any atom is 0.0577 e. The second-order valence-electron chi connectivity index (χ2n) is 5.51. The van der Waals surface area contributed by atoms with E-state index in [1.165, 1.54) is 16.7 Å². The second kappa shape index (κ2) is 7.31. The lowest BCUT2D eigenvalue weighted by molar-refractivity contribution is 0.598. The Bertz CT molecular complexity index is 531. The minimum absolute atomic E-state index is 0.111. The van der Waals surface area contributed by atoms with Crippen LogP contribution in [0.15, 0.2) is 36.4 Å². The summed E-state index contributed by atoms with van der Waals surface area (Å²) in [6.07, 6.45) is 1.08. The molecule has 0 heterocycles. The molecule has 112 valence electrons. The van der Waals surface area contributed by atoms with Crippen LogP contribution < -0.4 is 5.32 Å². The van der Waals surface area contributed by atoms with Crippen LogP contribution >= 0.6 is 23.2 Å². The summed E-state index contributed by atoms with van der Waals surface area (Å²) < 4.78 is 0. The average Bonchev–Trinajstić information content (AvgIpc) is 2.37. The van der Waals surface area contributed by atoms with Gasteiger partial charge < -0.3 is 5.32 Å². The first-order chi connectivity index (χ1) is 9.99. The fourth-order valence-electron chi connectivity index (χ4n) is 2.64. The van der Waals surface area contributed by atoms with Crippen LogP contribution in [-0.2, 0) is 0 Å². The zero-order valence-corrected chi connectivity index (χ0v) is 14.2. The molecule has 0 aliphatic rings. The largest absolute Gasteiger partial charge is 0.306 e. The summed E-state index contributed by atoms with van der Waals surface area (Å²) in [5.41, 5.74) is 4.88. The van der Waals surface area contributed by atoms with E-state index in [-0.39, 0.29) is 6.04 Å². The van der Waals surface area contributed by atoms with Gasteiger partial charge in [0.15, 0.2) is 0 Å². The molecule has 1 atom stereocenters. The highest BCUT2D eigenvalue weighted by Crippen LogP contribution is 2.29. The van der Waals surface area contributed by atoms with Crippen molar-refractivity contribution in [1.82, 2.24) is 5.32 Å². The molecule has 0 aliphatic heterocycles. The molecule has 0 saturated heterocycles. The monoisotopic (exact) mass is 321 g/mol. The third-order valence-corrected chi connectivity index (χ3v) is 3.83. The van der Waals surface area contributed by atoms with E-state index in [0.29, 0.717) is 10.0 Å². The van der Waals surface area contributed by atoms with Gasteiger partial charge in [-0.3, -0.25) is 0 Å². The summed E-state index contributed by atoms with van der Waals surface area (Å²) in [5.74, 6) is 0. The van der Waals surface area contributed by atoms with Crippen molar-refractivity contribution < 1.29 is 0 Å². The summed E-state index contributed by atoms with van der Waals surface area (Å²) in [5, 5.41) is 4.94. The zero-order chi connectivity index (χ0) is 15.4. The Hall–Kier alpha value is -1.02. The van der Waals surface area contributed by atoms with E-state index in [4.69, 9.17) is 23.2 Å². The van der Waals surface area contributed by atoms with Crippen molar-refractivity contribution in [3.63, 3.8) is 0 Å². The number of halogens is 2. The topological polar surface area (TPSA) is 12.0 Å². The van der Waals surface area contributed by atoms with Crippen molar-refractivity contribution in [2.45, 2.75) is 33.2 Å². The Morgan fingerprint density at radius 2 is 1.38 bits per heavy atom. The van der Waals surface area contributed by atoms with Gasteiger partial charge in [0.1, 0.15) is 0 Å². The molecule has 0 aliphatic carbocycles. The lowest BCUT2D eigenvalue weighted by Gasteiger charge is -2.21. The van der Waals surface area contributed by atoms with Crippen LogP contribution in [0.4, 0.5) is 0 Å². The first kappa shape index (κ1) is 16.4. The number of aryl methyl sites for hydroxylation is 2. The van der Waals surface area contributed by atoms with E-state index < -0.39 is 0 Å². The molecule has 0 aromatic heterocycles. The van der Waals surface area contributed by atoms with Gasteiger partial charge in [0, 0.05) is 10.0 Å². The molecule has 0 radical (unpaired) electrons. The molecule has 0 spiro atoms. The van der Waals surface area contributed by atoms with Crippen LogP contribution in [0.5, 0.6) is 0 Å². The van der Waals surface area contributed by atoms with Gasteiger partial charge >= 0.3 is 0 Å². The summed E-state index contributed by atoms with van der Waals surface area (Å²) in [7, 11) is 0. The number of nitrogens with one attached hydrogen (secondary N) is 1. The van der Waals surface area contributed by atoms with Crippen LogP contribution in [0.3, 0.4) is 0 Å². The summed E-state index contributed by atoms with van der Waals surface area (Å²) in [6.45, 7) is 7.36. The Kier molecular flexibility index (Phi) is 5.69. The smallest absolute Gasteiger partial charge is 0.0577 e. The number of benzene rings is 2. The number of hydrogen-bond donors (Lipinski definition) is 1. The normalized spacial score (nSPS) is 12.4. The van der Waals surface area contributed by atoms with Gasteiger partial charge in [-0.2, -0.15) is 0 Å². The molecule has 1 N–H and O–H groups in total. The van der Waals surface area contributed by atoms with Crippen LogP contribution in [-0.4, -0.2) is 6.54 Å². The van der Waals surface area contributed by atoms with Crippen molar-refractivity contribution in [2.75, 3.05) is 6.54 Å². The third kappa shape index (κ3) is 4.47. The number of rotatable bonds is 5. The quantitative estimate of drug-likeness (QED) is 0.744. The fraction of sp³-hybridized carbons (Fsp3) is 0.333. The highest BCUT2D eigenvalue weighted by atomic mass is 35.5.